The fourth-order valence-corrected chi connectivity index (χ4v) is 5.01. The zero-order valence-corrected chi connectivity index (χ0v) is 22.4. The van der Waals surface area contributed by atoms with Crippen molar-refractivity contribution in [3.05, 3.63) is 81.8 Å². The number of phenolic OH excluding ortho intramolecular Hbond substituents is 1. The monoisotopic (exact) mass is 573 g/mol. The average Bonchev–Trinajstić information content (AvgIpc) is 2.85. The van der Waals surface area contributed by atoms with E-state index in [0.29, 0.717) is 39.4 Å². The van der Waals surface area contributed by atoms with Gasteiger partial charge in [-0.3, -0.25) is 9.35 Å². The lowest BCUT2D eigenvalue weighted by Crippen LogP contribution is -2.13. The van der Waals surface area contributed by atoms with Gasteiger partial charge in [0.05, 0.1) is 22.9 Å². The van der Waals surface area contributed by atoms with Gasteiger partial charge in [0, 0.05) is 16.5 Å². The molecule has 0 aliphatic heterocycles. The number of anilines is 1. The van der Waals surface area contributed by atoms with Gasteiger partial charge in [-0.15, -0.1) is 10.2 Å². The van der Waals surface area contributed by atoms with Crippen molar-refractivity contribution in [2.75, 3.05) is 11.9 Å². The molecule has 12 heteroatoms. The fourth-order valence-electron chi connectivity index (χ4n) is 3.75. The van der Waals surface area contributed by atoms with E-state index in [4.69, 9.17) is 27.9 Å². The van der Waals surface area contributed by atoms with Crippen LogP contribution in [0.1, 0.15) is 22.8 Å². The number of phenols is 1. The molecule has 0 aliphatic carbocycles. The van der Waals surface area contributed by atoms with Gasteiger partial charge in [-0.1, -0.05) is 47.5 Å². The van der Waals surface area contributed by atoms with Crippen LogP contribution in [0.4, 0.5) is 17.1 Å². The van der Waals surface area contributed by atoms with Crippen LogP contribution in [-0.2, 0) is 10.1 Å². The van der Waals surface area contributed by atoms with E-state index in [0.717, 1.165) is 0 Å². The summed E-state index contributed by atoms with van der Waals surface area (Å²) in [5.74, 6) is -0.825. The first-order chi connectivity index (χ1) is 18.0. The highest BCUT2D eigenvalue weighted by Gasteiger charge is 2.22. The van der Waals surface area contributed by atoms with E-state index in [-0.39, 0.29) is 22.0 Å². The molecule has 0 heterocycles. The Labute approximate surface area is 228 Å². The minimum atomic E-state index is -4.69. The molecule has 0 unspecified atom stereocenters. The second-order valence-corrected chi connectivity index (χ2v) is 10.4. The van der Waals surface area contributed by atoms with Gasteiger partial charge >= 0.3 is 0 Å². The highest BCUT2D eigenvalue weighted by Crippen LogP contribution is 2.42. The molecular weight excluding hydrogens is 553 g/mol. The molecule has 196 valence electrons. The summed E-state index contributed by atoms with van der Waals surface area (Å²) in [6.07, 6.45) is 0. The van der Waals surface area contributed by atoms with Crippen LogP contribution < -0.4 is 10.1 Å². The average molecular weight is 574 g/mol. The van der Waals surface area contributed by atoms with Crippen LogP contribution in [0, 0.1) is 6.92 Å². The van der Waals surface area contributed by atoms with Crippen molar-refractivity contribution in [2.45, 2.75) is 18.7 Å². The van der Waals surface area contributed by atoms with Crippen molar-refractivity contribution >= 4 is 67.1 Å². The largest absolute Gasteiger partial charge is 0.505 e. The number of hydrogen-bond acceptors (Lipinski definition) is 7. The fraction of sp³-hybridized carbons (Fsp3) is 0.115. The third kappa shape index (κ3) is 5.73. The normalized spacial score (nSPS) is 11.7. The molecule has 38 heavy (non-hydrogen) atoms. The van der Waals surface area contributed by atoms with Crippen molar-refractivity contribution in [1.82, 2.24) is 0 Å². The number of fused-ring (bicyclic) bond motifs is 1. The molecule has 0 atom stereocenters. The molecule has 4 aromatic rings. The summed E-state index contributed by atoms with van der Waals surface area (Å²) >= 11 is 12.3. The lowest BCUT2D eigenvalue weighted by Gasteiger charge is -2.14. The number of ether oxygens (including phenoxy) is 1. The first kappa shape index (κ1) is 27.3. The number of carbonyl (C=O) groups is 1. The van der Waals surface area contributed by atoms with Crippen LogP contribution in [-0.4, -0.2) is 30.6 Å². The molecule has 0 spiro atoms. The predicted octanol–water partition coefficient (Wildman–Crippen LogP) is 7.47. The Morgan fingerprint density at radius 2 is 1.74 bits per heavy atom. The standard InChI is InChI=1S/C26H21Cl2N3O6S/c1-3-37-21-13-16(27)8-9-20(21)29-26(33)18-12-15-6-4-5-7-17(15)23(25(18)32)30-31-24-19(28)10-14(2)11-22(24)38(34,35)36/h4-13,32H,3H2,1-2H3,(H,29,33)(H,34,35,36). The number of carbonyl (C=O) groups excluding carboxylic acids is 1. The van der Waals surface area contributed by atoms with Crippen LogP contribution in [0.25, 0.3) is 10.8 Å². The van der Waals surface area contributed by atoms with E-state index in [9.17, 15) is 22.9 Å². The number of benzene rings is 4. The maximum atomic E-state index is 13.3. The van der Waals surface area contributed by atoms with Gasteiger partial charge < -0.3 is 15.2 Å². The quantitative estimate of drug-likeness (QED) is 0.155. The number of rotatable bonds is 7. The number of aromatic hydroxyl groups is 1. The highest BCUT2D eigenvalue weighted by molar-refractivity contribution is 7.86. The molecule has 0 bridgehead atoms. The Balaban J connectivity index is 1.84. The number of nitrogens with zero attached hydrogens (tertiary/aromatic N) is 2. The van der Waals surface area contributed by atoms with Gasteiger partial charge in [0.25, 0.3) is 16.0 Å². The minimum absolute atomic E-state index is 0.0785. The number of aryl methyl sites for hydroxylation is 1. The highest BCUT2D eigenvalue weighted by atomic mass is 35.5. The molecule has 0 saturated heterocycles. The molecule has 0 aliphatic rings. The van der Waals surface area contributed by atoms with Crippen molar-refractivity contribution in [1.29, 1.82) is 0 Å². The second-order valence-electron chi connectivity index (χ2n) is 8.14. The number of hydrogen-bond donors (Lipinski definition) is 3. The summed E-state index contributed by atoms with van der Waals surface area (Å²) in [6, 6.07) is 15.6. The van der Waals surface area contributed by atoms with E-state index in [1.54, 1.807) is 56.3 Å². The molecule has 4 rings (SSSR count). The maximum absolute atomic E-state index is 13.3. The molecule has 9 nitrogen and oxygen atoms in total. The first-order valence-corrected chi connectivity index (χ1v) is 13.4. The van der Waals surface area contributed by atoms with E-state index in [1.807, 2.05) is 0 Å². The number of nitrogens with one attached hydrogen (secondary N) is 1. The van der Waals surface area contributed by atoms with Gasteiger partial charge in [-0.05, 0) is 55.1 Å². The van der Waals surface area contributed by atoms with Gasteiger partial charge in [0.2, 0.25) is 0 Å². The molecule has 0 radical (unpaired) electrons. The van der Waals surface area contributed by atoms with Gasteiger partial charge in [0.1, 0.15) is 22.0 Å². The van der Waals surface area contributed by atoms with E-state index < -0.39 is 26.7 Å². The molecule has 0 fully saturated rings. The summed E-state index contributed by atoms with van der Waals surface area (Å²) in [6.45, 7) is 3.72. The summed E-state index contributed by atoms with van der Waals surface area (Å²) in [5, 5.41) is 23.2. The smallest absolute Gasteiger partial charge is 0.296 e. The molecule has 0 saturated carbocycles. The Hall–Kier alpha value is -3.70. The molecule has 1 amide bonds. The Morgan fingerprint density at radius 3 is 2.45 bits per heavy atom. The molecular formula is C26H21Cl2N3O6S. The van der Waals surface area contributed by atoms with Crippen LogP contribution >= 0.6 is 23.2 Å². The lowest BCUT2D eigenvalue weighted by atomic mass is 10.0. The predicted molar refractivity (Wildman–Crippen MR) is 146 cm³/mol. The topological polar surface area (TPSA) is 138 Å². The van der Waals surface area contributed by atoms with Gasteiger partial charge in [-0.25, -0.2) is 0 Å². The van der Waals surface area contributed by atoms with Crippen LogP contribution in [0.3, 0.4) is 0 Å². The van der Waals surface area contributed by atoms with Crippen molar-refractivity contribution < 1.29 is 27.6 Å². The van der Waals surface area contributed by atoms with Crippen LogP contribution in [0.15, 0.2) is 75.8 Å². The maximum Gasteiger partial charge on any atom is 0.296 e. The van der Waals surface area contributed by atoms with E-state index >= 15 is 0 Å². The summed E-state index contributed by atoms with van der Waals surface area (Å²) < 4.78 is 39.1. The first-order valence-electron chi connectivity index (χ1n) is 11.2. The van der Waals surface area contributed by atoms with Gasteiger partial charge in [0.15, 0.2) is 5.75 Å². The van der Waals surface area contributed by atoms with Gasteiger partial charge in [-0.2, -0.15) is 8.42 Å². The second kappa shape index (κ2) is 11.0. The number of amides is 1. The molecule has 3 N–H and O–H groups in total. The Kier molecular flexibility index (Phi) is 7.89. The molecule has 0 aromatic heterocycles. The van der Waals surface area contributed by atoms with E-state index in [1.165, 1.54) is 18.2 Å². The summed E-state index contributed by atoms with van der Waals surface area (Å²) in [4.78, 5) is 12.7. The summed E-state index contributed by atoms with van der Waals surface area (Å²) in [5.41, 5.74) is 0.261. The third-order valence-corrected chi connectivity index (χ3v) is 6.82. The minimum Gasteiger partial charge on any atom is -0.505 e. The number of halogens is 2. The van der Waals surface area contributed by atoms with Crippen LogP contribution in [0.2, 0.25) is 10.0 Å². The summed E-state index contributed by atoms with van der Waals surface area (Å²) in [7, 11) is -4.69. The van der Waals surface area contributed by atoms with E-state index in [2.05, 4.69) is 15.5 Å². The van der Waals surface area contributed by atoms with Crippen molar-refractivity contribution in [3.63, 3.8) is 0 Å². The Bertz CT molecular complexity index is 1710. The molecule has 4 aromatic carbocycles. The zero-order valence-electron chi connectivity index (χ0n) is 20.1. The van der Waals surface area contributed by atoms with Crippen LogP contribution in [0.5, 0.6) is 11.5 Å². The van der Waals surface area contributed by atoms with Crippen molar-refractivity contribution in [3.8, 4) is 11.5 Å². The lowest BCUT2D eigenvalue weighted by molar-refractivity contribution is 0.102. The number of azo groups is 1. The SMILES string of the molecule is CCOc1cc(Cl)ccc1NC(=O)c1cc2ccccc2c(N=Nc2c(Cl)cc(C)cc2S(=O)(=O)O)c1O. The Morgan fingerprint density at radius 1 is 1.03 bits per heavy atom. The third-order valence-electron chi connectivity index (χ3n) is 5.43. The van der Waals surface area contributed by atoms with Crippen molar-refractivity contribution in [2.24, 2.45) is 10.2 Å². The zero-order chi connectivity index (χ0) is 27.6.